The van der Waals surface area contributed by atoms with Crippen LogP contribution in [0.25, 0.3) is 11.1 Å². The summed E-state index contributed by atoms with van der Waals surface area (Å²) in [5.74, 6) is -4.00. The van der Waals surface area contributed by atoms with Gasteiger partial charge >= 0.3 is 5.97 Å². The smallest absolute Gasteiger partial charge is 0.311 e. The Morgan fingerprint density at radius 1 is 0.893 bits per heavy atom. The summed E-state index contributed by atoms with van der Waals surface area (Å²) in [4.78, 5) is 34.8. The number of carbonyl (C=O) groups excluding carboxylic acids is 2. The number of hydrogen-bond acceptors (Lipinski definition) is 18. The highest BCUT2D eigenvalue weighted by Gasteiger charge is 2.52. The standard InChI is InChI=1S/C55H84FN5O14/c1-14-43-55(9,67)49(64)34(5)46(62)31(2)26-53(7,69-12)44(25-42(33(4)51(66)74-43)73-45-27-54(8,70-13)50(65)35(6)72-45)75-52-47(63)40(24-32(3)71-52)60(10)23-21-39-30-61(59-58-39)41(28-56)48(68-11)37-19-17-36(18-20-37)38-16-15-22-57-29-38/h15-20,22,29-35,40-45,47-50,52,63-65,67H,14,21,23-28H2,1-13H3/t31-,32-,33-,34+,35+,40+,41-,42+,43-,44-,45+,47-,48-,49-,50+,52+,53-,54-,55-/m1/s1. The first-order valence-corrected chi connectivity index (χ1v) is 26.4. The zero-order valence-electron chi connectivity index (χ0n) is 46.1. The average molecular weight is 1060 g/mol. The summed E-state index contributed by atoms with van der Waals surface area (Å²) in [6.45, 7) is 14.7. The van der Waals surface area contributed by atoms with E-state index in [1.54, 1.807) is 60.1 Å². The molecule has 3 fully saturated rings. The number of hydrogen-bond donors (Lipinski definition) is 4. The number of carbonyl (C=O) groups is 2. The zero-order chi connectivity index (χ0) is 55.2. The number of methoxy groups -OCH3 is 3. The summed E-state index contributed by atoms with van der Waals surface area (Å²) in [5.41, 5.74) is -1.11. The third kappa shape index (κ3) is 13.7. The Labute approximate surface area is 441 Å². The minimum atomic E-state index is -2.01. The van der Waals surface area contributed by atoms with Gasteiger partial charge in [0.25, 0.3) is 0 Å². The highest BCUT2D eigenvalue weighted by Crippen LogP contribution is 2.40. The van der Waals surface area contributed by atoms with Gasteiger partial charge in [0.2, 0.25) is 0 Å². The number of aliphatic hydroxyl groups excluding tert-OH is 3. The number of rotatable bonds is 17. The molecule has 4 N–H and O–H groups in total. The molecular weight excluding hydrogens is 974 g/mol. The molecule has 19 atom stereocenters. The SMILES string of the molecule is CC[C@H]1OC(=O)[C@H](C)[C@@H](O[C@H]2C[C@@](C)(OC)[C@@H](O)[C@H](C)O2)C[C@@H](O[C@@H]2O[C@H](C)C[C@H](N(C)CCc3cn([C@H](CF)[C@H](OC)c4ccc(-c5cccnc5)cc4)nn3)[C@H]2O)[C@](C)(OC)C[C@@H](C)C(=O)[C@H](C)[C@@H](O)[C@]1(C)O. The maximum absolute atomic E-state index is 14.9. The molecule has 0 bridgehead atoms. The van der Waals surface area contributed by atoms with Crippen LogP contribution in [-0.4, -0.2) is 183 Å². The molecule has 20 heteroatoms. The van der Waals surface area contributed by atoms with E-state index in [0.717, 1.165) is 16.7 Å². The normalized spacial score (nSPS) is 37.4. The van der Waals surface area contributed by atoms with E-state index in [0.29, 0.717) is 25.1 Å². The van der Waals surface area contributed by atoms with Gasteiger partial charge < -0.3 is 63.2 Å². The van der Waals surface area contributed by atoms with Crippen LogP contribution in [0.3, 0.4) is 0 Å². The number of Topliss-reactive ketones (excluding diaryl/α,β-unsaturated/α-hetero) is 1. The fraction of sp³-hybridized carbons (Fsp3) is 0.727. The third-order valence-corrected chi connectivity index (χ3v) is 16.4. The fourth-order valence-corrected chi connectivity index (χ4v) is 11.2. The molecular formula is C55H84FN5O14. The van der Waals surface area contributed by atoms with Crippen molar-refractivity contribution in [2.24, 2.45) is 17.8 Å². The molecule has 3 aliphatic heterocycles. The molecule has 0 spiro atoms. The molecule has 0 unspecified atom stereocenters. The van der Waals surface area contributed by atoms with Crippen molar-refractivity contribution in [3.05, 3.63) is 66.2 Å². The molecule has 19 nitrogen and oxygen atoms in total. The molecule has 6 rings (SSSR count). The Bertz CT molecular complexity index is 2280. The van der Waals surface area contributed by atoms with E-state index in [4.69, 9.17) is 37.9 Å². The second-order valence-corrected chi connectivity index (χ2v) is 21.8. The molecule has 3 saturated heterocycles. The van der Waals surface area contributed by atoms with Gasteiger partial charge in [0.05, 0.1) is 53.3 Å². The lowest BCUT2D eigenvalue weighted by Crippen LogP contribution is -2.60. The van der Waals surface area contributed by atoms with Crippen LogP contribution >= 0.6 is 0 Å². The molecule has 75 heavy (non-hydrogen) atoms. The number of alkyl halides is 1. The summed E-state index contributed by atoms with van der Waals surface area (Å²) in [6.07, 6.45) is -4.96. The highest BCUT2D eigenvalue weighted by molar-refractivity contribution is 5.83. The van der Waals surface area contributed by atoms with Gasteiger partial charge in [0, 0.05) is 83.6 Å². The van der Waals surface area contributed by atoms with Gasteiger partial charge in [0.1, 0.15) is 48.5 Å². The summed E-state index contributed by atoms with van der Waals surface area (Å²) < 4.78 is 66.6. The number of likely N-dealkylation sites (N-methyl/N-ethyl adjacent to an activating group) is 1. The first kappa shape index (κ1) is 60.3. The van der Waals surface area contributed by atoms with Crippen molar-refractivity contribution < 1.29 is 72.3 Å². The van der Waals surface area contributed by atoms with Crippen LogP contribution in [0.1, 0.15) is 118 Å². The molecule has 1 aromatic carbocycles. The van der Waals surface area contributed by atoms with Crippen molar-refractivity contribution >= 4 is 11.8 Å². The van der Waals surface area contributed by atoms with Gasteiger partial charge in [-0.3, -0.25) is 14.6 Å². The molecule has 3 aliphatic rings. The topological polar surface area (TPSA) is 236 Å². The molecule has 0 saturated carbocycles. The minimum Gasteiger partial charge on any atom is -0.459 e. The predicted octanol–water partition coefficient (Wildman–Crippen LogP) is 5.36. The van der Waals surface area contributed by atoms with Gasteiger partial charge in [-0.05, 0) is 90.6 Å². The van der Waals surface area contributed by atoms with E-state index in [2.05, 4.69) is 15.3 Å². The van der Waals surface area contributed by atoms with Crippen LogP contribution in [0.4, 0.5) is 4.39 Å². The lowest BCUT2D eigenvalue weighted by molar-refractivity contribution is -0.309. The van der Waals surface area contributed by atoms with E-state index < -0.39 is 127 Å². The number of aromatic nitrogens is 4. The Balaban J connectivity index is 1.25. The molecule has 5 heterocycles. The van der Waals surface area contributed by atoms with Crippen LogP contribution in [0.2, 0.25) is 0 Å². The van der Waals surface area contributed by atoms with Crippen molar-refractivity contribution in [1.82, 2.24) is 24.9 Å². The molecule has 2 aromatic heterocycles. The van der Waals surface area contributed by atoms with E-state index in [-0.39, 0.29) is 31.5 Å². The van der Waals surface area contributed by atoms with Gasteiger partial charge in [-0.25, -0.2) is 9.07 Å². The number of ketones is 1. The maximum atomic E-state index is 14.9. The number of ether oxygens (including phenoxy) is 8. The number of nitrogens with zero attached hydrogens (tertiary/aromatic N) is 5. The Kier molecular flexibility index (Phi) is 20.7. The lowest BCUT2D eigenvalue weighted by Gasteiger charge is -2.48. The van der Waals surface area contributed by atoms with Gasteiger partial charge in [-0.1, -0.05) is 56.3 Å². The first-order chi connectivity index (χ1) is 35.4. The highest BCUT2D eigenvalue weighted by atomic mass is 19.1. The maximum Gasteiger partial charge on any atom is 0.311 e. The number of esters is 1. The van der Waals surface area contributed by atoms with Crippen LogP contribution in [0.15, 0.2) is 55.0 Å². The number of aliphatic hydroxyl groups is 4. The lowest BCUT2D eigenvalue weighted by atomic mass is 9.76. The second kappa shape index (κ2) is 25.7. The Morgan fingerprint density at radius 2 is 1.59 bits per heavy atom. The zero-order valence-corrected chi connectivity index (χ0v) is 46.1. The van der Waals surface area contributed by atoms with E-state index in [1.165, 1.54) is 39.9 Å². The molecule has 3 aromatic rings. The fourth-order valence-electron chi connectivity index (χ4n) is 11.2. The molecule has 0 radical (unpaired) electrons. The summed E-state index contributed by atoms with van der Waals surface area (Å²) >= 11 is 0. The second-order valence-electron chi connectivity index (χ2n) is 21.8. The van der Waals surface area contributed by atoms with Crippen molar-refractivity contribution in [1.29, 1.82) is 0 Å². The average Bonchev–Trinajstić information content (AvgIpc) is 3.88. The number of halogens is 1. The molecule has 0 aliphatic carbocycles. The third-order valence-electron chi connectivity index (χ3n) is 16.4. The van der Waals surface area contributed by atoms with Crippen molar-refractivity contribution in [2.45, 2.75) is 197 Å². The van der Waals surface area contributed by atoms with Crippen LogP contribution in [0.5, 0.6) is 0 Å². The number of pyridine rings is 1. The van der Waals surface area contributed by atoms with Crippen molar-refractivity contribution in [2.75, 3.05) is 41.6 Å². The van der Waals surface area contributed by atoms with Crippen LogP contribution in [0, 0.1) is 17.8 Å². The van der Waals surface area contributed by atoms with Gasteiger partial charge in [-0.2, -0.15) is 0 Å². The minimum absolute atomic E-state index is 0.0507. The first-order valence-electron chi connectivity index (χ1n) is 26.4. The molecule has 420 valence electrons. The summed E-state index contributed by atoms with van der Waals surface area (Å²) in [6, 6.07) is 10.3. The Morgan fingerprint density at radius 3 is 2.20 bits per heavy atom. The van der Waals surface area contributed by atoms with E-state index in [9.17, 15) is 34.4 Å². The van der Waals surface area contributed by atoms with Crippen molar-refractivity contribution in [3.63, 3.8) is 0 Å². The molecule has 0 amide bonds. The predicted molar refractivity (Wildman–Crippen MR) is 274 cm³/mol. The van der Waals surface area contributed by atoms with E-state index >= 15 is 0 Å². The summed E-state index contributed by atoms with van der Waals surface area (Å²) in [7, 11) is 6.39. The largest absolute Gasteiger partial charge is 0.459 e. The number of benzene rings is 1. The number of cyclic esters (lactones) is 1. The Hall–Kier alpha value is -3.90. The van der Waals surface area contributed by atoms with Crippen LogP contribution < -0.4 is 0 Å². The van der Waals surface area contributed by atoms with Crippen molar-refractivity contribution in [3.8, 4) is 11.1 Å². The monoisotopic (exact) mass is 1060 g/mol. The van der Waals surface area contributed by atoms with Gasteiger partial charge in [0.15, 0.2) is 12.6 Å². The van der Waals surface area contributed by atoms with E-state index in [1.807, 2.05) is 55.3 Å². The van der Waals surface area contributed by atoms with Crippen LogP contribution in [-0.2, 0) is 53.9 Å². The quantitative estimate of drug-likeness (QED) is 0.125. The van der Waals surface area contributed by atoms with Gasteiger partial charge in [-0.15, -0.1) is 5.10 Å². The summed E-state index contributed by atoms with van der Waals surface area (Å²) in [5, 5.41) is 55.4.